The highest BCUT2D eigenvalue weighted by molar-refractivity contribution is 6.00. The Hall–Kier alpha value is -3.47. The molecule has 2 saturated carbocycles. The second-order valence-corrected chi connectivity index (χ2v) is 8.62. The van der Waals surface area contributed by atoms with Gasteiger partial charge >= 0.3 is 0 Å². The Bertz CT molecular complexity index is 1250. The van der Waals surface area contributed by atoms with Gasteiger partial charge in [0.2, 0.25) is 0 Å². The summed E-state index contributed by atoms with van der Waals surface area (Å²) in [7, 11) is 1.71. The van der Waals surface area contributed by atoms with Gasteiger partial charge in [-0.15, -0.1) is 0 Å². The molecule has 3 aromatic heterocycles. The minimum atomic E-state index is -1.01. The van der Waals surface area contributed by atoms with Crippen LogP contribution in [-0.4, -0.2) is 55.5 Å². The molecule has 2 aliphatic carbocycles. The largest absolute Gasteiger partial charge is 0.393 e. The van der Waals surface area contributed by atoms with E-state index in [4.69, 9.17) is 0 Å². The van der Waals surface area contributed by atoms with Crippen LogP contribution >= 0.6 is 0 Å². The Morgan fingerprint density at radius 3 is 2.73 bits per heavy atom. The first-order chi connectivity index (χ1) is 15.9. The van der Waals surface area contributed by atoms with E-state index in [9.17, 15) is 19.1 Å². The van der Waals surface area contributed by atoms with Crippen molar-refractivity contribution in [3.8, 4) is 0 Å². The van der Waals surface area contributed by atoms with Crippen LogP contribution in [0.15, 0.2) is 35.4 Å². The lowest BCUT2D eigenvalue weighted by atomic mass is 9.93. The minimum absolute atomic E-state index is 0.0397. The molecule has 174 valence electrons. The average molecular weight is 455 g/mol. The molecule has 3 aromatic rings. The molecule has 2 atom stereocenters. The number of aliphatic hydroxyl groups is 1. The van der Waals surface area contributed by atoms with Crippen LogP contribution in [0, 0.1) is 0 Å². The molecule has 0 bridgehead atoms. The maximum atomic E-state index is 13.2. The fourth-order valence-electron chi connectivity index (χ4n) is 4.29. The molecule has 5 rings (SSSR count). The number of alkyl halides is 1. The van der Waals surface area contributed by atoms with E-state index >= 15 is 0 Å². The molecule has 0 aromatic carbocycles. The molecule has 0 aliphatic heterocycles. The van der Waals surface area contributed by atoms with Gasteiger partial charge in [-0.3, -0.25) is 9.59 Å². The average Bonchev–Trinajstić information content (AvgIpc) is 3.32. The quantitative estimate of drug-likeness (QED) is 0.448. The predicted octanol–water partition coefficient (Wildman–Crippen LogP) is 1.99. The van der Waals surface area contributed by atoms with E-state index in [1.807, 2.05) is 0 Å². The van der Waals surface area contributed by atoms with Gasteiger partial charge in [0.05, 0.1) is 18.3 Å². The molecule has 2 fully saturated rings. The van der Waals surface area contributed by atoms with Crippen molar-refractivity contribution in [3.05, 3.63) is 46.5 Å². The van der Waals surface area contributed by atoms with E-state index in [-0.39, 0.29) is 28.9 Å². The van der Waals surface area contributed by atoms with Crippen LogP contribution < -0.4 is 21.5 Å². The number of fused-ring (bicyclic) bond motifs is 1. The summed E-state index contributed by atoms with van der Waals surface area (Å²) in [6, 6.07) is 4.74. The molecule has 33 heavy (non-hydrogen) atoms. The van der Waals surface area contributed by atoms with Crippen LogP contribution in [0.4, 0.5) is 21.7 Å². The zero-order chi connectivity index (χ0) is 23.1. The van der Waals surface area contributed by atoms with Crippen LogP contribution in [0.1, 0.15) is 48.5 Å². The fraction of sp³-hybridized carbons (Fsp3) is 0.455. The van der Waals surface area contributed by atoms with Gasteiger partial charge in [-0.05, 0) is 37.8 Å². The van der Waals surface area contributed by atoms with Gasteiger partial charge in [0, 0.05) is 31.8 Å². The van der Waals surface area contributed by atoms with Crippen molar-refractivity contribution in [1.29, 1.82) is 0 Å². The fourth-order valence-corrected chi connectivity index (χ4v) is 4.29. The number of hydrogen-bond acceptors (Lipinski definition) is 7. The summed E-state index contributed by atoms with van der Waals surface area (Å²) >= 11 is 0. The Morgan fingerprint density at radius 1 is 1.27 bits per heavy atom. The summed E-state index contributed by atoms with van der Waals surface area (Å²) < 4.78 is 16.4. The van der Waals surface area contributed by atoms with E-state index in [2.05, 4.69) is 26.0 Å². The SMILES string of the molecule is CNc1cc(Nc2cccn(C3CCC(O)CC3)c2=O)nc2c(C(=O)N[C@H]3C[C@H]3F)cnn12. The van der Waals surface area contributed by atoms with Gasteiger partial charge in [0.25, 0.3) is 11.5 Å². The van der Waals surface area contributed by atoms with Crippen molar-refractivity contribution in [2.24, 2.45) is 0 Å². The van der Waals surface area contributed by atoms with Gasteiger partial charge in [0.1, 0.15) is 29.1 Å². The van der Waals surface area contributed by atoms with Crippen molar-refractivity contribution in [3.63, 3.8) is 0 Å². The highest BCUT2D eigenvalue weighted by Gasteiger charge is 2.39. The number of amides is 1. The summed E-state index contributed by atoms with van der Waals surface area (Å²) in [6.45, 7) is 0. The van der Waals surface area contributed by atoms with E-state index in [0.29, 0.717) is 36.6 Å². The summed E-state index contributed by atoms with van der Waals surface area (Å²) in [5.41, 5.74) is 0.683. The van der Waals surface area contributed by atoms with Crippen LogP contribution in [0.25, 0.3) is 5.65 Å². The standard InChI is InChI=1S/C22H26FN7O3/c1-24-19-10-18(28-20-14(11-25-30(19)20)21(32)27-17-9-15(17)23)26-16-3-2-8-29(22(16)33)12-4-6-13(31)7-5-12/h2-3,8,10-13,15,17,24,31H,4-7,9H2,1H3,(H,26,28)(H,27,32)/t12?,13?,15-,17+/m1/s1. The number of hydrogen-bond donors (Lipinski definition) is 4. The number of pyridine rings is 1. The summed E-state index contributed by atoms with van der Waals surface area (Å²) in [5.74, 6) is 0.488. The predicted molar refractivity (Wildman–Crippen MR) is 121 cm³/mol. The minimum Gasteiger partial charge on any atom is -0.393 e. The molecule has 11 heteroatoms. The number of carbonyl (C=O) groups is 1. The van der Waals surface area contributed by atoms with Crippen molar-refractivity contribution in [2.45, 2.75) is 56.5 Å². The second kappa shape index (κ2) is 8.47. The van der Waals surface area contributed by atoms with E-state index in [1.54, 1.807) is 36.0 Å². The molecule has 4 N–H and O–H groups in total. The Kier molecular flexibility index (Phi) is 5.49. The maximum absolute atomic E-state index is 13.2. The number of carbonyl (C=O) groups excluding carboxylic acids is 1. The first kappa shape index (κ1) is 21.4. The monoisotopic (exact) mass is 455 g/mol. The lowest BCUT2D eigenvalue weighted by Gasteiger charge is -2.27. The number of aromatic nitrogens is 4. The van der Waals surface area contributed by atoms with Crippen LogP contribution in [0.2, 0.25) is 0 Å². The molecule has 10 nitrogen and oxygen atoms in total. The van der Waals surface area contributed by atoms with Crippen molar-refractivity contribution >= 4 is 28.9 Å². The Balaban J connectivity index is 1.45. The molecule has 0 spiro atoms. The highest BCUT2D eigenvalue weighted by Crippen LogP contribution is 2.28. The number of nitrogens with one attached hydrogen (secondary N) is 3. The smallest absolute Gasteiger partial charge is 0.274 e. The Labute approximate surface area is 188 Å². The molecule has 0 radical (unpaired) electrons. The van der Waals surface area contributed by atoms with E-state index in [0.717, 1.165) is 12.8 Å². The maximum Gasteiger partial charge on any atom is 0.274 e. The number of anilines is 3. The van der Waals surface area contributed by atoms with Gasteiger partial charge in [0.15, 0.2) is 5.65 Å². The van der Waals surface area contributed by atoms with E-state index < -0.39 is 18.1 Å². The lowest BCUT2D eigenvalue weighted by molar-refractivity contribution is 0.0949. The van der Waals surface area contributed by atoms with Gasteiger partial charge in [-0.1, -0.05) is 0 Å². The normalized spacial score (nSPS) is 24.5. The summed E-state index contributed by atoms with van der Waals surface area (Å²) in [5, 5.41) is 22.7. The molecular weight excluding hydrogens is 429 g/mol. The molecule has 1 amide bonds. The number of aliphatic hydroxyl groups excluding tert-OH is 1. The molecule has 3 heterocycles. The zero-order valence-electron chi connectivity index (χ0n) is 18.2. The summed E-state index contributed by atoms with van der Waals surface area (Å²) in [4.78, 5) is 30.2. The third-order valence-corrected chi connectivity index (χ3v) is 6.30. The molecule has 0 unspecified atom stereocenters. The topological polar surface area (TPSA) is 126 Å². The zero-order valence-corrected chi connectivity index (χ0v) is 18.2. The third-order valence-electron chi connectivity index (χ3n) is 6.30. The van der Waals surface area contributed by atoms with Crippen molar-refractivity contribution in [2.75, 3.05) is 17.7 Å². The number of rotatable bonds is 6. The van der Waals surface area contributed by atoms with Gasteiger partial charge in [-0.2, -0.15) is 9.61 Å². The van der Waals surface area contributed by atoms with Crippen molar-refractivity contribution < 1.29 is 14.3 Å². The van der Waals surface area contributed by atoms with Gasteiger partial charge in [-0.25, -0.2) is 9.37 Å². The van der Waals surface area contributed by atoms with Crippen molar-refractivity contribution in [1.82, 2.24) is 24.5 Å². The van der Waals surface area contributed by atoms with Crippen LogP contribution in [-0.2, 0) is 0 Å². The molecule has 0 saturated heterocycles. The van der Waals surface area contributed by atoms with Gasteiger partial charge < -0.3 is 25.6 Å². The summed E-state index contributed by atoms with van der Waals surface area (Å²) in [6.07, 6.45) is 5.00. The number of halogens is 1. The first-order valence-electron chi connectivity index (χ1n) is 11.1. The molecule has 2 aliphatic rings. The van der Waals surface area contributed by atoms with E-state index in [1.165, 1.54) is 10.7 Å². The second-order valence-electron chi connectivity index (χ2n) is 8.62. The Morgan fingerprint density at radius 2 is 2.03 bits per heavy atom. The van der Waals surface area contributed by atoms with Crippen LogP contribution in [0.5, 0.6) is 0 Å². The lowest BCUT2D eigenvalue weighted by Crippen LogP contribution is -2.30. The highest BCUT2D eigenvalue weighted by atomic mass is 19.1. The third kappa shape index (κ3) is 4.15. The van der Waals surface area contributed by atoms with Crippen LogP contribution in [0.3, 0.4) is 0 Å². The first-order valence-corrected chi connectivity index (χ1v) is 11.1. The molecular formula is C22H26FN7O3. The number of nitrogens with zero attached hydrogens (tertiary/aromatic N) is 4.